The van der Waals surface area contributed by atoms with Gasteiger partial charge in [-0.3, -0.25) is 4.57 Å². The SMILES string of the molecule is CCCCCCCCCC[PH](=O)O. The van der Waals surface area contributed by atoms with E-state index in [2.05, 4.69) is 6.92 Å². The van der Waals surface area contributed by atoms with Crippen LogP contribution < -0.4 is 0 Å². The van der Waals surface area contributed by atoms with Gasteiger partial charge in [0.1, 0.15) is 0 Å². The fraction of sp³-hybridized carbons (Fsp3) is 1.00. The zero-order valence-corrected chi connectivity index (χ0v) is 9.72. The molecule has 0 aromatic carbocycles. The summed E-state index contributed by atoms with van der Waals surface area (Å²) in [6.07, 6.45) is 10.5. The van der Waals surface area contributed by atoms with E-state index < -0.39 is 8.03 Å². The fourth-order valence-corrected chi connectivity index (χ4v) is 1.96. The highest BCUT2D eigenvalue weighted by molar-refractivity contribution is 7.37. The minimum absolute atomic E-state index is 0.527. The van der Waals surface area contributed by atoms with E-state index in [9.17, 15) is 4.57 Å². The van der Waals surface area contributed by atoms with Gasteiger partial charge in [0.25, 0.3) is 0 Å². The van der Waals surface area contributed by atoms with Crippen molar-refractivity contribution in [3.05, 3.63) is 0 Å². The van der Waals surface area contributed by atoms with Gasteiger partial charge < -0.3 is 4.89 Å². The van der Waals surface area contributed by atoms with Crippen LogP contribution in [0.25, 0.3) is 0 Å². The first-order valence-electron chi connectivity index (χ1n) is 5.49. The Morgan fingerprint density at radius 1 is 0.923 bits per heavy atom. The van der Waals surface area contributed by atoms with Crippen LogP contribution in [-0.4, -0.2) is 11.1 Å². The molecular weight excluding hydrogens is 183 g/mol. The van der Waals surface area contributed by atoms with Crippen LogP contribution in [0.15, 0.2) is 0 Å². The molecule has 1 atom stereocenters. The van der Waals surface area contributed by atoms with Gasteiger partial charge in [-0.15, -0.1) is 0 Å². The summed E-state index contributed by atoms with van der Waals surface area (Å²) in [5.74, 6) is 0. The molecule has 0 spiro atoms. The number of hydrogen-bond donors (Lipinski definition) is 1. The van der Waals surface area contributed by atoms with E-state index in [4.69, 9.17) is 4.89 Å². The van der Waals surface area contributed by atoms with Crippen molar-refractivity contribution < 1.29 is 9.46 Å². The third-order valence-electron chi connectivity index (χ3n) is 2.24. The van der Waals surface area contributed by atoms with E-state index in [-0.39, 0.29) is 0 Å². The zero-order chi connectivity index (χ0) is 9.94. The first-order chi connectivity index (χ1) is 6.27. The molecule has 2 nitrogen and oxygen atoms in total. The van der Waals surface area contributed by atoms with Gasteiger partial charge in [-0.25, -0.2) is 0 Å². The van der Waals surface area contributed by atoms with Crippen molar-refractivity contribution in [3.8, 4) is 0 Å². The molecule has 0 bridgehead atoms. The maximum atomic E-state index is 10.4. The topological polar surface area (TPSA) is 37.3 Å². The Balaban J connectivity index is 2.87. The van der Waals surface area contributed by atoms with Gasteiger partial charge in [-0.2, -0.15) is 0 Å². The van der Waals surface area contributed by atoms with Crippen molar-refractivity contribution >= 4 is 8.03 Å². The largest absolute Gasteiger partial charge is 0.346 e. The zero-order valence-electron chi connectivity index (χ0n) is 8.72. The highest BCUT2D eigenvalue weighted by atomic mass is 31.1. The Bertz CT molecular complexity index is 126. The molecule has 1 unspecified atom stereocenters. The molecule has 1 N–H and O–H groups in total. The molecule has 0 amide bonds. The van der Waals surface area contributed by atoms with Crippen molar-refractivity contribution in [3.63, 3.8) is 0 Å². The number of unbranched alkanes of at least 4 members (excludes halogenated alkanes) is 7. The average Bonchev–Trinajstić information content (AvgIpc) is 2.09. The standard InChI is InChI=1S/C10H23O2P/c1-2-3-4-5-6-7-8-9-10-13(11)12/h13H,2-10H2,1H3,(H,11,12). The maximum Gasteiger partial charge on any atom is 0.189 e. The quantitative estimate of drug-likeness (QED) is 0.462. The smallest absolute Gasteiger partial charge is 0.189 e. The summed E-state index contributed by atoms with van der Waals surface area (Å²) < 4.78 is 10.4. The Hall–Kier alpha value is 0.190. The van der Waals surface area contributed by atoms with Gasteiger partial charge in [-0.1, -0.05) is 51.9 Å². The van der Waals surface area contributed by atoms with Crippen LogP contribution in [0.2, 0.25) is 0 Å². The first kappa shape index (κ1) is 13.2. The number of hydrogen-bond acceptors (Lipinski definition) is 1. The Morgan fingerprint density at radius 3 is 1.85 bits per heavy atom. The third-order valence-corrected chi connectivity index (χ3v) is 3.03. The fourth-order valence-electron chi connectivity index (χ4n) is 1.41. The number of rotatable bonds is 9. The second-order valence-electron chi connectivity index (χ2n) is 3.62. The van der Waals surface area contributed by atoms with E-state index >= 15 is 0 Å². The molecule has 0 rings (SSSR count). The monoisotopic (exact) mass is 206 g/mol. The summed E-state index contributed by atoms with van der Waals surface area (Å²) in [5, 5.41) is 0. The van der Waals surface area contributed by atoms with Gasteiger partial charge in [0.15, 0.2) is 8.03 Å². The molecule has 3 heteroatoms. The predicted octanol–water partition coefficient (Wildman–Crippen LogP) is 3.59. The van der Waals surface area contributed by atoms with E-state index in [0.29, 0.717) is 6.16 Å². The maximum absolute atomic E-state index is 10.4. The molecule has 0 saturated carbocycles. The van der Waals surface area contributed by atoms with Gasteiger partial charge in [0, 0.05) is 6.16 Å². The Labute approximate surface area is 82.6 Å². The highest BCUT2D eigenvalue weighted by Crippen LogP contribution is 2.16. The van der Waals surface area contributed by atoms with Crippen molar-refractivity contribution in [2.75, 3.05) is 6.16 Å². The minimum atomic E-state index is -2.19. The summed E-state index contributed by atoms with van der Waals surface area (Å²) >= 11 is 0. The molecule has 0 aromatic rings. The second kappa shape index (κ2) is 10.3. The van der Waals surface area contributed by atoms with Crippen molar-refractivity contribution in [2.45, 2.75) is 58.3 Å². The van der Waals surface area contributed by atoms with Crippen LogP contribution >= 0.6 is 8.03 Å². The van der Waals surface area contributed by atoms with E-state index in [1.54, 1.807) is 0 Å². The van der Waals surface area contributed by atoms with Crippen molar-refractivity contribution in [1.29, 1.82) is 0 Å². The van der Waals surface area contributed by atoms with Crippen LogP contribution in [-0.2, 0) is 4.57 Å². The molecule has 13 heavy (non-hydrogen) atoms. The summed E-state index contributed by atoms with van der Waals surface area (Å²) in [6.45, 7) is 2.22. The van der Waals surface area contributed by atoms with Crippen LogP contribution in [0.5, 0.6) is 0 Å². The van der Waals surface area contributed by atoms with Crippen LogP contribution in [0.3, 0.4) is 0 Å². The van der Waals surface area contributed by atoms with Gasteiger partial charge >= 0.3 is 0 Å². The van der Waals surface area contributed by atoms with Crippen molar-refractivity contribution in [1.82, 2.24) is 0 Å². The van der Waals surface area contributed by atoms with Gasteiger partial charge in [0.2, 0.25) is 0 Å². The summed E-state index contributed by atoms with van der Waals surface area (Å²) in [4.78, 5) is 8.57. The first-order valence-corrected chi connectivity index (χ1v) is 7.05. The molecule has 0 aliphatic carbocycles. The van der Waals surface area contributed by atoms with Gasteiger partial charge in [-0.05, 0) is 6.42 Å². The summed E-state index contributed by atoms with van der Waals surface area (Å²) in [6, 6.07) is 0. The lowest BCUT2D eigenvalue weighted by molar-refractivity contribution is 0.498. The lowest BCUT2D eigenvalue weighted by Gasteiger charge is -1.99. The third kappa shape index (κ3) is 12.2. The minimum Gasteiger partial charge on any atom is -0.346 e. The van der Waals surface area contributed by atoms with Gasteiger partial charge in [0.05, 0.1) is 0 Å². The molecule has 0 heterocycles. The Kier molecular flexibility index (Phi) is 10.4. The normalized spacial score (nSPS) is 13.1. The van der Waals surface area contributed by atoms with Crippen LogP contribution in [0.1, 0.15) is 58.3 Å². The lowest BCUT2D eigenvalue weighted by Crippen LogP contribution is -1.82. The lowest BCUT2D eigenvalue weighted by atomic mass is 10.1. The molecule has 0 aromatic heterocycles. The Morgan fingerprint density at radius 2 is 1.38 bits per heavy atom. The van der Waals surface area contributed by atoms with Crippen molar-refractivity contribution in [2.24, 2.45) is 0 Å². The molecule has 0 aliphatic rings. The molecule has 0 fully saturated rings. The van der Waals surface area contributed by atoms with Crippen LogP contribution in [0.4, 0.5) is 0 Å². The van der Waals surface area contributed by atoms with E-state index in [1.165, 1.54) is 38.5 Å². The average molecular weight is 206 g/mol. The highest BCUT2D eigenvalue weighted by Gasteiger charge is 1.94. The molecular formula is C10H23O2P. The molecule has 80 valence electrons. The summed E-state index contributed by atoms with van der Waals surface area (Å²) in [7, 11) is -2.19. The summed E-state index contributed by atoms with van der Waals surface area (Å²) in [5.41, 5.74) is 0. The molecule has 0 radical (unpaired) electrons. The second-order valence-corrected chi connectivity index (χ2v) is 4.91. The van der Waals surface area contributed by atoms with Crippen LogP contribution in [0, 0.1) is 0 Å². The molecule has 0 aliphatic heterocycles. The predicted molar refractivity (Wildman–Crippen MR) is 58.7 cm³/mol. The molecule has 0 saturated heterocycles. The van der Waals surface area contributed by atoms with E-state index in [0.717, 1.165) is 12.8 Å². The van der Waals surface area contributed by atoms with E-state index in [1.807, 2.05) is 0 Å².